The molecule has 0 unspecified atom stereocenters. The number of ether oxygens (including phenoxy) is 1. The Morgan fingerprint density at radius 3 is 2.29 bits per heavy atom. The number of sulfonamides is 1. The van der Waals surface area contributed by atoms with Crippen molar-refractivity contribution in [2.75, 3.05) is 56.1 Å². The minimum absolute atomic E-state index is 0.0266. The average Bonchev–Trinajstić information content (AvgIpc) is 3.25. The van der Waals surface area contributed by atoms with Crippen molar-refractivity contribution in [2.24, 2.45) is 7.05 Å². The van der Waals surface area contributed by atoms with Crippen LogP contribution >= 0.6 is 0 Å². The van der Waals surface area contributed by atoms with Crippen molar-refractivity contribution < 1.29 is 22.7 Å². The Labute approximate surface area is 248 Å². The monoisotopic (exact) mass is 598 g/mol. The van der Waals surface area contributed by atoms with E-state index in [1.165, 1.54) is 7.11 Å². The van der Waals surface area contributed by atoms with Gasteiger partial charge in [0.15, 0.2) is 5.75 Å². The number of nitrogens with one attached hydrogen (secondary N) is 3. The van der Waals surface area contributed by atoms with Crippen molar-refractivity contribution >= 4 is 44.2 Å². The highest BCUT2D eigenvalue weighted by atomic mass is 32.2. The van der Waals surface area contributed by atoms with Crippen LogP contribution in [0.15, 0.2) is 36.4 Å². The maximum absolute atomic E-state index is 13.7. The molecule has 42 heavy (non-hydrogen) atoms. The first-order valence-electron chi connectivity index (χ1n) is 14.1. The molecule has 1 aliphatic heterocycles. The van der Waals surface area contributed by atoms with E-state index in [0.29, 0.717) is 37.6 Å². The van der Waals surface area contributed by atoms with E-state index in [0.717, 1.165) is 41.4 Å². The molecule has 228 valence electrons. The fraction of sp³-hybridized carbons (Fsp3) is 0.467. The van der Waals surface area contributed by atoms with Crippen molar-refractivity contribution in [3.63, 3.8) is 0 Å². The summed E-state index contributed by atoms with van der Waals surface area (Å²) in [6, 6.07) is 11.4. The lowest BCUT2D eigenvalue weighted by molar-refractivity contribution is 0.101. The number of carbonyl (C=O) groups is 2. The van der Waals surface area contributed by atoms with Gasteiger partial charge >= 0.3 is 6.03 Å². The largest absolute Gasteiger partial charge is 0.492 e. The van der Waals surface area contributed by atoms with Gasteiger partial charge in [-0.1, -0.05) is 39.0 Å². The molecule has 0 radical (unpaired) electrons. The van der Waals surface area contributed by atoms with E-state index in [4.69, 9.17) is 4.74 Å². The first-order valence-corrected chi connectivity index (χ1v) is 15.9. The molecule has 0 spiro atoms. The standard InChI is InChI=1S/C30H42N6O5S/c1-8-31-29(38)36-14-12-35(13-15-36)19-21-11-9-10-20-16-25(34(5)26(20)21)28(37)32-23-17-22(30(2,3)4)18-24(27(23)41-6)33-42(7,39)40/h9-11,16-18,33H,8,12-15,19H2,1-7H3,(H,31,38)(H,32,37). The van der Waals surface area contributed by atoms with E-state index in [9.17, 15) is 18.0 Å². The van der Waals surface area contributed by atoms with Crippen LogP contribution in [0.3, 0.4) is 0 Å². The number of fused-ring (bicyclic) bond motifs is 1. The highest BCUT2D eigenvalue weighted by Crippen LogP contribution is 2.39. The van der Waals surface area contributed by atoms with Crippen molar-refractivity contribution in [1.29, 1.82) is 0 Å². The molecule has 1 saturated heterocycles. The Bertz CT molecular complexity index is 1580. The molecular weight excluding hydrogens is 556 g/mol. The summed E-state index contributed by atoms with van der Waals surface area (Å²) in [6.07, 6.45) is 1.07. The fourth-order valence-electron chi connectivity index (χ4n) is 5.30. The van der Waals surface area contributed by atoms with Crippen LogP contribution < -0.4 is 20.1 Å². The van der Waals surface area contributed by atoms with Crippen LogP contribution in [0.25, 0.3) is 10.9 Å². The number of benzene rings is 2. The van der Waals surface area contributed by atoms with E-state index in [-0.39, 0.29) is 28.8 Å². The minimum atomic E-state index is -3.59. The molecule has 0 aliphatic carbocycles. The minimum Gasteiger partial charge on any atom is -0.492 e. The molecule has 11 nitrogen and oxygen atoms in total. The fourth-order valence-corrected chi connectivity index (χ4v) is 5.85. The summed E-state index contributed by atoms with van der Waals surface area (Å²) in [7, 11) is -0.287. The lowest BCUT2D eigenvalue weighted by Gasteiger charge is -2.34. The lowest BCUT2D eigenvalue weighted by Crippen LogP contribution is -2.51. The predicted molar refractivity (Wildman–Crippen MR) is 167 cm³/mol. The van der Waals surface area contributed by atoms with E-state index < -0.39 is 10.0 Å². The zero-order valence-electron chi connectivity index (χ0n) is 25.5. The summed E-state index contributed by atoms with van der Waals surface area (Å²) in [4.78, 5) is 30.0. The van der Waals surface area contributed by atoms with Crippen LogP contribution in [0, 0.1) is 0 Å². The normalized spacial score (nSPS) is 14.6. The van der Waals surface area contributed by atoms with Gasteiger partial charge in [-0.25, -0.2) is 13.2 Å². The number of hydrogen-bond acceptors (Lipinski definition) is 6. The zero-order valence-corrected chi connectivity index (χ0v) is 26.3. The van der Waals surface area contributed by atoms with Crippen LogP contribution in [-0.2, 0) is 29.0 Å². The molecule has 0 atom stereocenters. The van der Waals surface area contributed by atoms with Crippen LogP contribution in [-0.4, -0.2) is 80.8 Å². The van der Waals surface area contributed by atoms with Crippen molar-refractivity contribution in [3.05, 3.63) is 53.2 Å². The number of urea groups is 1. The summed E-state index contributed by atoms with van der Waals surface area (Å²) in [5.41, 5.74) is 3.65. The van der Waals surface area contributed by atoms with Gasteiger partial charge in [0.05, 0.1) is 30.3 Å². The third-order valence-corrected chi connectivity index (χ3v) is 8.05. The number of para-hydroxylation sites is 1. The number of piperazine rings is 1. The molecule has 12 heteroatoms. The van der Waals surface area contributed by atoms with E-state index in [1.54, 1.807) is 6.07 Å². The van der Waals surface area contributed by atoms with Crippen LogP contribution in [0.1, 0.15) is 49.3 Å². The van der Waals surface area contributed by atoms with Crippen LogP contribution in [0.4, 0.5) is 16.2 Å². The third-order valence-electron chi connectivity index (χ3n) is 7.46. The smallest absolute Gasteiger partial charge is 0.317 e. The Morgan fingerprint density at radius 2 is 1.69 bits per heavy atom. The maximum atomic E-state index is 13.7. The van der Waals surface area contributed by atoms with E-state index in [1.807, 2.05) is 68.5 Å². The average molecular weight is 599 g/mol. The van der Waals surface area contributed by atoms with Gasteiger partial charge in [0.25, 0.3) is 5.91 Å². The lowest BCUT2D eigenvalue weighted by atomic mass is 9.86. The Morgan fingerprint density at radius 1 is 1.02 bits per heavy atom. The number of nitrogens with zero attached hydrogens (tertiary/aromatic N) is 3. The van der Waals surface area contributed by atoms with E-state index >= 15 is 0 Å². The topological polar surface area (TPSA) is 125 Å². The number of carbonyl (C=O) groups excluding carboxylic acids is 2. The molecule has 4 rings (SSSR count). The molecular formula is C30H42N6O5S. The summed E-state index contributed by atoms with van der Waals surface area (Å²) < 4.78 is 34.2. The number of anilines is 2. The molecule has 0 bridgehead atoms. The third kappa shape index (κ3) is 6.99. The summed E-state index contributed by atoms with van der Waals surface area (Å²) >= 11 is 0. The second-order valence-electron chi connectivity index (χ2n) is 11.7. The van der Waals surface area contributed by atoms with Gasteiger partial charge in [-0.05, 0) is 41.7 Å². The summed E-state index contributed by atoms with van der Waals surface area (Å²) in [5.74, 6) is -0.113. The van der Waals surface area contributed by atoms with Crippen molar-refractivity contribution in [2.45, 2.75) is 39.7 Å². The quantitative estimate of drug-likeness (QED) is 0.361. The Balaban J connectivity index is 1.62. The van der Waals surface area contributed by atoms with Gasteiger partial charge < -0.3 is 24.8 Å². The van der Waals surface area contributed by atoms with Crippen LogP contribution in [0.2, 0.25) is 0 Å². The highest BCUT2D eigenvalue weighted by Gasteiger charge is 2.25. The second-order valence-corrected chi connectivity index (χ2v) is 13.5. The first kappa shape index (κ1) is 31.2. The van der Waals surface area contributed by atoms with Gasteiger partial charge in [0, 0.05) is 51.7 Å². The van der Waals surface area contributed by atoms with Gasteiger partial charge in [-0.3, -0.25) is 14.4 Å². The molecule has 2 heterocycles. The molecule has 1 aromatic heterocycles. The Hall–Kier alpha value is -3.77. The number of rotatable bonds is 8. The summed E-state index contributed by atoms with van der Waals surface area (Å²) in [5, 5.41) is 6.77. The molecule has 3 amide bonds. The van der Waals surface area contributed by atoms with Crippen molar-refractivity contribution in [3.8, 4) is 5.75 Å². The number of hydrogen-bond donors (Lipinski definition) is 3. The molecule has 1 aliphatic rings. The number of aromatic nitrogens is 1. The van der Waals surface area contributed by atoms with Gasteiger partial charge in [-0.2, -0.15) is 0 Å². The molecule has 2 aromatic carbocycles. The SMILES string of the molecule is CCNC(=O)N1CCN(Cc2cccc3cc(C(=O)Nc4cc(C(C)(C)C)cc(NS(C)(=O)=O)c4OC)n(C)c23)CC1. The Kier molecular flexibility index (Phi) is 9.07. The molecule has 3 aromatic rings. The summed E-state index contributed by atoms with van der Waals surface area (Å²) in [6.45, 7) is 12.1. The predicted octanol–water partition coefficient (Wildman–Crippen LogP) is 3.96. The number of amides is 3. The molecule has 1 fully saturated rings. The van der Waals surface area contributed by atoms with Crippen molar-refractivity contribution in [1.82, 2.24) is 19.7 Å². The molecule has 3 N–H and O–H groups in total. The second kappa shape index (κ2) is 12.2. The van der Waals surface area contributed by atoms with Crippen LogP contribution in [0.5, 0.6) is 5.75 Å². The van der Waals surface area contributed by atoms with Gasteiger partial charge in [0.2, 0.25) is 10.0 Å². The maximum Gasteiger partial charge on any atom is 0.317 e. The van der Waals surface area contributed by atoms with Gasteiger partial charge in [-0.15, -0.1) is 0 Å². The number of methoxy groups -OCH3 is 1. The molecule has 0 saturated carbocycles. The van der Waals surface area contributed by atoms with Gasteiger partial charge in [0.1, 0.15) is 5.69 Å². The number of aryl methyl sites for hydroxylation is 1. The van der Waals surface area contributed by atoms with E-state index in [2.05, 4.69) is 26.3 Å². The first-order chi connectivity index (χ1) is 19.7. The zero-order chi connectivity index (χ0) is 30.8. The highest BCUT2D eigenvalue weighted by molar-refractivity contribution is 7.92.